The van der Waals surface area contributed by atoms with Crippen molar-refractivity contribution in [1.82, 2.24) is 30.3 Å². The zero-order valence-electron chi connectivity index (χ0n) is 33.2. The molecule has 1 aliphatic heterocycles. The molecule has 1 fully saturated rings. The zero-order valence-corrected chi connectivity index (χ0v) is 33.2. The highest BCUT2D eigenvalue weighted by atomic mass is 19.4. The summed E-state index contributed by atoms with van der Waals surface area (Å²) in [6, 6.07) is 11.4. The molecular weight excluding hydrogens is 745 g/mol. The molecule has 5 rings (SSSR count). The standard InChI is InChI=1S/C41H51F3N6O7/c1-24(56-7)34-27(12-9-17-45-34)35-29(21-40(5,6)23-51)28-19-25(15-16-33(28)49(35)22-41(42,43)44)30-13-8-11-26(46-30)20-32(47-38(55)57-39(2,3)4)36(52)50-18-10-14-31(48-50)37(53)54/h8-9,11-13,15-17,19,24,31-32,48,51H,10,14,18,20-23H2,1-7H3,(H,47,55)(H,53,54). The molecule has 0 saturated carbocycles. The summed E-state index contributed by atoms with van der Waals surface area (Å²) in [6.45, 7) is 9.21. The minimum Gasteiger partial charge on any atom is -0.480 e. The minimum atomic E-state index is -4.58. The molecule has 3 unspecified atom stereocenters. The molecule has 1 saturated heterocycles. The number of aromatic nitrogens is 3. The lowest BCUT2D eigenvalue weighted by Gasteiger charge is -2.34. The van der Waals surface area contributed by atoms with Crippen molar-refractivity contribution in [2.45, 2.75) is 104 Å². The predicted molar refractivity (Wildman–Crippen MR) is 207 cm³/mol. The Morgan fingerprint density at radius 1 is 1.07 bits per heavy atom. The predicted octanol–water partition coefficient (Wildman–Crippen LogP) is 6.61. The van der Waals surface area contributed by atoms with Gasteiger partial charge < -0.3 is 29.6 Å². The number of halogens is 3. The number of nitrogens with one attached hydrogen (secondary N) is 2. The van der Waals surface area contributed by atoms with Crippen LogP contribution in [0.15, 0.2) is 54.7 Å². The van der Waals surface area contributed by atoms with E-state index in [9.17, 15) is 37.8 Å². The summed E-state index contributed by atoms with van der Waals surface area (Å²) in [4.78, 5) is 47.8. The summed E-state index contributed by atoms with van der Waals surface area (Å²) in [7, 11) is 1.50. The van der Waals surface area contributed by atoms with E-state index < -0.39 is 59.9 Å². The molecule has 308 valence electrons. The fourth-order valence-electron chi connectivity index (χ4n) is 6.93. The van der Waals surface area contributed by atoms with E-state index in [4.69, 9.17) is 14.5 Å². The summed E-state index contributed by atoms with van der Waals surface area (Å²) in [5, 5.41) is 24.3. The van der Waals surface area contributed by atoms with Gasteiger partial charge in [-0.1, -0.05) is 26.0 Å². The minimum absolute atomic E-state index is 0.0897. The van der Waals surface area contributed by atoms with Crippen molar-refractivity contribution in [1.29, 1.82) is 0 Å². The van der Waals surface area contributed by atoms with Gasteiger partial charge in [-0.3, -0.25) is 24.6 Å². The Balaban J connectivity index is 1.62. The van der Waals surface area contributed by atoms with Gasteiger partial charge in [0, 0.05) is 60.6 Å². The first-order valence-corrected chi connectivity index (χ1v) is 18.8. The molecule has 4 N–H and O–H groups in total. The number of rotatable bonds is 13. The maximum Gasteiger partial charge on any atom is 0.408 e. The quantitative estimate of drug-likeness (QED) is 0.116. The third-order valence-electron chi connectivity index (χ3n) is 9.68. The third kappa shape index (κ3) is 10.7. The highest BCUT2D eigenvalue weighted by molar-refractivity contribution is 5.95. The fourth-order valence-corrected chi connectivity index (χ4v) is 6.93. The lowest BCUT2D eigenvalue weighted by Crippen LogP contribution is -2.60. The second-order valence-electron chi connectivity index (χ2n) is 16.1. The number of amides is 2. The smallest absolute Gasteiger partial charge is 0.408 e. The van der Waals surface area contributed by atoms with E-state index in [0.29, 0.717) is 63.2 Å². The van der Waals surface area contributed by atoms with Gasteiger partial charge in [0.25, 0.3) is 5.91 Å². The molecule has 1 aliphatic rings. The number of carbonyl (C=O) groups is 3. The molecule has 3 aromatic heterocycles. The number of pyridine rings is 2. The average molecular weight is 797 g/mol. The second kappa shape index (κ2) is 17.2. The van der Waals surface area contributed by atoms with Gasteiger partial charge in [0.15, 0.2) is 0 Å². The average Bonchev–Trinajstić information content (AvgIpc) is 3.42. The Kier molecular flexibility index (Phi) is 13.0. The Morgan fingerprint density at radius 3 is 2.46 bits per heavy atom. The van der Waals surface area contributed by atoms with Gasteiger partial charge in [0.2, 0.25) is 0 Å². The highest BCUT2D eigenvalue weighted by Crippen LogP contribution is 2.42. The van der Waals surface area contributed by atoms with Gasteiger partial charge in [-0.15, -0.1) is 0 Å². The van der Waals surface area contributed by atoms with Gasteiger partial charge >= 0.3 is 18.2 Å². The van der Waals surface area contributed by atoms with Gasteiger partial charge in [0.1, 0.15) is 24.2 Å². The Bertz CT molecular complexity index is 2100. The summed E-state index contributed by atoms with van der Waals surface area (Å²) >= 11 is 0. The van der Waals surface area contributed by atoms with Crippen molar-refractivity contribution in [2.24, 2.45) is 5.41 Å². The topological polar surface area (TPSA) is 168 Å². The van der Waals surface area contributed by atoms with E-state index in [1.165, 1.54) is 16.7 Å². The van der Waals surface area contributed by atoms with Crippen LogP contribution in [0.2, 0.25) is 0 Å². The first-order valence-electron chi connectivity index (χ1n) is 18.8. The molecule has 57 heavy (non-hydrogen) atoms. The molecule has 4 aromatic rings. The van der Waals surface area contributed by atoms with Crippen LogP contribution in [0.5, 0.6) is 0 Å². The number of aliphatic carboxylic acids is 1. The number of aliphatic hydroxyl groups is 1. The van der Waals surface area contributed by atoms with Crippen LogP contribution in [-0.4, -0.2) is 91.8 Å². The molecular formula is C41H51F3N6O7. The summed E-state index contributed by atoms with van der Waals surface area (Å²) in [6.07, 6.45) is -3.50. The van der Waals surface area contributed by atoms with E-state index in [1.54, 1.807) is 82.4 Å². The number of carbonyl (C=O) groups excluding carboxylic acids is 2. The summed E-state index contributed by atoms with van der Waals surface area (Å²) < 4.78 is 55.4. The highest BCUT2D eigenvalue weighted by Gasteiger charge is 2.36. The van der Waals surface area contributed by atoms with Crippen molar-refractivity contribution >= 4 is 28.9 Å². The van der Waals surface area contributed by atoms with Crippen LogP contribution in [0.3, 0.4) is 0 Å². The SMILES string of the molecule is COC(C)c1ncccc1-c1c(CC(C)(C)CO)c2cc(-c3cccc(CC(NC(=O)OC(C)(C)C)C(=O)N4CCCC(C(=O)O)N4)n3)ccc2n1CC(F)(F)F. The van der Waals surface area contributed by atoms with Gasteiger partial charge in [0.05, 0.1) is 23.2 Å². The zero-order chi connectivity index (χ0) is 41.9. The van der Waals surface area contributed by atoms with Gasteiger partial charge in [-0.05, 0) is 94.3 Å². The van der Waals surface area contributed by atoms with E-state index >= 15 is 0 Å². The van der Waals surface area contributed by atoms with Crippen molar-refractivity contribution in [2.75, 3.05) is 20.3 Å². The number of carboxylic acids is 1. The van der Waals surface area contributed by atoms with Crippen LogP contribution in [0.25, 0.3) is 33.4 Å². The number of nitrogens with zero attached hydrogens (tertiary/aromatic N) is 4. The molecule has 0 bridgehead atoms. The second-order valence-corrected chi connectivity index (χ2v) is 16.1. The Labute approximate surface area is 329 Å². The number of aliphatic hydroxyl groups excluding tert-OH is 1. The summed E-state index contributed by atoms with van der Waals surface area (Å²) in [5.41, 5.74) is 4.76. The van der Waals surface area contributed by atoms with Crippen molar-refractivity contribution in [3.63, 3.8) is 0 Å². The maximum absolute atomic E-state index is 14.4. The number of hydrogen-bond acceptors (Lipinski definition) is 9. The first kappa shape index (κ1) is 43.1. The number of methoxy groups -OCH3 is 1. The monoisotopic (exact) mass is 796 g/mol. The number of benzene rings is 1. The van der Waals surface area contributed by atoms with Crippen molar-refractivity contribution < 1.29 is 47.2 Å². The van der Waals surface area contributed by atoms with E-state index in [-0.39, 0.29) is 26.0 Å². The number of hydrogen-bond donors (Lipinski definition) is 4. The molecule has 0 aliphatic carbocycles. The maximum atomic E-state index is 14.4. The van der Waals surface area contributed by atoms with Crippen molar-refractivity contribution in [3.8, 4) is 22.5 Å². The van der Waals surface area contributed by atoms with Crippen LogP contribution >= 0.6 is 0 Å². The van der Waals surface area contributed by atoms with Gasteiger partial charge in [-0.2, -0.15) is 13.2 Å². The van der Waals surface area contributed by atoms with E-state index in [0.717, 1.165) is 0 Å². The molecule has 2 amide bonds. The molecule has 4 heterocycles. The van der Waals surface area contributed by atoms with Crippen LogP contribution in [0, 0.1) is 5.41 Å². The lowest BCUT2D eigenvalue weighted by molar-refractivity contribution is -0.147. The molecule has 3 atom stereocenters. The third-order valence-corrected chi connectivity index (χ3v) is 9.68. The fraction of sp³-hybridized carbons (Fsp3) is 0.488. The number of alkyl halides is 3. The van der Waals surface area contributed by atoms with Crippen LogP contribution < -0.4 is 10.7 Å². The summed E-state index contributed by atoms with van der Waals surface area (Å²) in [5.74, 6) is -1.68. The Morgan fingerprint density at radius 2 is 1.81 bits per heavy atom. The molecule has 0 spiro atoms. The number of ether oxygens (including phenoxy) is 2. The molecule has 0 radical (unpaired) electrons. The van der Waals surface area contributed by atoms with Crippen LogP contribution in [-0.2, 0) is 38.4 Å². The number of carboxylic acid groups (broad SMARTS) is 1. The van der Waals surface area contributed by atoms with Crippen LogP contribution in [0.4, 0.5) is 18.0 Å². The number of hydrazine groups is 1. The van der Waals surface area contributed by atoms with E-state index in [2.05, 4.69) is 15.7 Å². The van der Waals surface area contributed by atoms with Crippen LogP contribution in [0.1, 0.15) is 77.4 Å². The Hall–Kier alpha value is -5.06. The lowest BCUT2D eigenvalue weighted by atomic mass is 9.84. The molecule has 1 aromatic carbocycles. The first-order chi connectivity index (χ1) is 26.7. The molecule has 13 nitrogen and oxygen atoms in total. The molecule has 16 heteroatoms. The number of fused-ring (bicyclic) bond motifs is 1. The largest absolute Gasteiger partial charge is 0.480 e. The van der Waals surface area contributed by atoms with Gasteiger partial charge in [-0.25, -0.2) is 10.2 Å². The van der Waals surface area contributed by atoms with Crippen molar-refractivity contribution in [3.05, 3.63) is 71.7 Å². The van der Waals surface area contributed by atoms with E-state index in [1.807, 2.05) is 13.8 Å². The normalized spacial score (nSPS) is 16.3. The number of alkyl carbamates (subject to hydrolysis) is 1.